The number of hydrogen-bond donors (Lipinski definition) is 0. The van der Waals surface area contributed by atoms with E-state index in [0.717, 1.165) is 44.9 Å². The number of thiophene rings is 1. The molecule has 1 saturated heterocycles. The van der Waals surface area contributed by atoms with Crippen LogP contribution in [-0.2, 0) is 6.61 Å². The molecular formula is C19H24N2O2S. The van der Waals surface area contributed by atoms with Crippen LogP contribution in [0, 0.1) is 0 Å². The fourth-order valence-electron chi connectivity index (χ4n) is 2.94. The lowest BCUT2D eigenvalue weighted by Gasteiger charge is -2.21. The second-order valence-corrected chi connectivity index (χ2v) is 7.01. The van der Waals surface area contributed by atoms with Gasteiger partial charge in [0.05, 0.1) is 0 Å². The molecule has 0 atom stereocenters. The zero-order chi connectivity index (χ0) is 16.8. The number of carbonyl (C=O) groups is 1. The molecule has 5 heteroatoms. The molecule has 0 bridgehead atoms. The molecule has 1 fully saturated rings. The molecular weight excluding hydrogens is 320 g/mol. The summed E-state index contributed by atoms with van der Waals surface area (Å²) < 4.78 is 5.82. The zero-order valence-electron chi connectivity index (χ0n) is 14.1. The lowest BCUT2D eigenvalue weighted by molar-refractivity contribution is 0.0761. The molecule has 1 aliphatic rings. The molecule has 2 heterocycles. The van der Waals surface area contributed by atoms with Gasteiger partial charge in [-0.05, 0) is 49.2 Å². The Morgan fingerprint density at radius 3 is 2.88 bits per heavy atom. The van der Waals surface area contributed by atoms with Crippen LogP contribution in [0.1, 0.15) is 28.6 Å². The average Bonchev–Trinajstić information content (AvgIpc) is 3.03. The summed E-state index contributed by atoms with van der Waals surface area (Å²) in [6, 6.07) is 11.6. The quantitative estimate of drug-likeness (QED) is 0.832. The summed E-state index contributed by atoms with van der Waals surface area (Å²) in [6.45, 7) is 7.42. The fraction of sp³-hybridized carbons (Fsp3) is 0.421. The summed E-state index contributed by atoms with van der Waals surface area (Å²) in [5, 5.41) is 2.04. The van der Waals surface area contributed by atoms with Crippen LogP contribution in [0.5, 0.6) is 5.75 Å². The predicted molar refractivity (Wildman–Crippen MR) is 97.7 cm³/mol. The number of hydrogen-bond acceptors (Lipinski definition) is 4. The van der Waals surface area contributed by atoms with Crippen molar-refractivity contribution >= 4 is 17.2 Å². The Bertz CT molecular complexity index is 657. The van der Waals surface area contributed by atoms with Gasteiger partial charge >= 0.3 is 0 Å². The topological polar surface area (TPSA) is 32.8 Å². The first-order chi connectivity index (χ1) is 11.8. The van der Waals surface area contributed by atoms with Crippen molar-refractivity contribution in [3.63, 3.8) is 0 Å². The van der Waals surface area contributed by atoms with E-state index in [2.05, 4.69) is 17.9 Å². The molecule has 0 unspecified atom stereocenters. The van der Waals surface area contributed by atoms with Crippen LogP contribution >= 0.6 is 11.3 Å². The minimum Gasteiger partial charge on any atom is -0.488 e. The Morgan fingerprint density at radius 1 is 1.17 bits per heavy atom. The van der Waals surface area contributed by atoms with Crippen LogP contribution in [0.25, 0.3) is 0 Å². The Hall–Kier alpha value is -1.85. The number of nitrogens with zero attached hydrogens (tertiary/aromatic N) is 2. The molecule has 1 aliphatic heterocycles. The van der Waals surface area contributed by atoms with E-state index in [9.17, 15) is 4.79 Å². The summed E-state index contributed by atoms with van der Waals surface area (Å²) in [5.41, 5.74) is 0.712. The number of ether oxygens (including phenoxy) is 1. The second-order valence-electron chi connectivity index (χ2n) is 5.98. The van der Waals surface area contributed by atoms with Gasteiger partial charge in [0, 0.05) is 30.1 Å². The van der Waals surface area contributed by atoms with Crippen molar-refractivity contribution in [3.8, 4) is 5.75 Å². The maximum absolute atomic E-state index is 12.8. The van der Waals surface area contributed by atoms with Gasteiger partial charge in [-0.2, -0.15) is 0 Å². The van der Waals surface area contributed by atoms with Gasteiger partial charge in [0.1, 0.15) is 12.4 Å². The van der Waals surface area contributed by atoms with Crippen LogP contribution in [0.3, 0.4) is 0 Å². The summed E-state index contributed by atoms with van der Waals surface area (Å²) in [7, 11) is 0. The standard InChI is InChI=1S/C19H24N2O2S/c1-2-20-9-5-10-21(12-11-20)19(22)16-6-3-7-17(14-16)23-15-18-8-4-13-24-18/h3-4,6-8,13-14H,2,5,9-12,15H2,1H3. The zero-order valence-corrected chi connectivity index (χ0v) is 14.9. The first kappa shape index (κ1) is 17.0. The van der Waals surface area contributed by atoms with E-state index in [0.29, 0.717) is 12.2 Å². The number of likely N-dealkylation sites (N-methyl/N-ethyl adjacent to an activating group) is 1. The van der Waals surface area contributed by atoms with Crippen molar-refractivity contribution in [1.29, 1.82) is 0 Å². The number of amides is 1. The molecule has 24 heavy (non-hydrogen) atoms. The van der Waals surface area contributed by atoms with Crippen LogP contribution in [0.15, 0.2) is 41.8 Å². The summed E-state index contributed by atoms with van der Waals surface area (Å²) >= 11 is 1.68. The van der Waals surface area contributed by atoms with Gasteiger partial charge in [0.2, 0.25) is 0 Å². The van der Waals surface area contributed by atoms with Gasteiger partial charge in [-0.1, -0.05) is 19.1 Å². The van der Waals surface area contributed by atoms with Gasteiger partial charge in [-0.25, -0.2) is 0 Å². The van der Waals surface area contributed by atoms with E-state index in [4.69, 9.17) is 4.74 Å². The van der Waals surface area contributed by atoms with Gasteiger partial charge < -0.3 is 14.5 Å². The Balaban J connectivity index is 1.63. The molecule has 0 saturated carbocycles. The Morgan fingerprint density at radius 2 is 2.08 bits per heavy atom. The number of rotatable bonds is 5. The second kappa shape index (κ2) is 8.31. The molecule has 1 aromatic carbocycles. The molecule has 1 amide bonds. The molecule has 4 nitrogen and oxygen atoms in total. The number of benzene rings is 1. The minimum absolute atomic E-state index is 0.106. The highest BCUT2D eigenvalue weighted by Gasteiger charge is 2.19. The third-order valence-electron chi connectivity index (χ3n) is 4.37. The predicted octanol–water partition coefficient (Wildman–Crippen LogP) is 3.49. The lowest BCUT2D eigenvalue weighted by atomic mass is 10.2. The molecule has 3 rings (SSSR count). The smallest absolute Gasteiger partial charge is 0.254 e. The molecule has 1 aromatic heterocycles. The van der Waals surface area contributed by atoms with Gasteiger partial charge in [-0.3, -0.25) is 4.79 Å². The number of carbonyl (C=O) groups excluding carboxylic acids is 1. The molecule has 0 aliphatic carbocycles. The van der Waals surface area contributed by atoms with Gasteiger partial charge in [-0.15, -0.1) is 11.3 Å². The molecule has 0 N–H and O–H groups in total. The van der Waals surface area contributed by atoms with Crippen LogP contribution in [0.2, 0.25) is 0 Å². The van der Waals surface area contributed by atoms with E-state index in [-0.39, 0.29) is 5.91 Å². The fourth-order valence-corrected chi connectivity index (χ4v) is 3.56. The first-order valence-electron chi connectivity index (χ1n) is 8.53. The Labute approximate surface area is 147 Å². The minimum atomic E-state index is 0.106. The van der Waals surface area contributed by atoms with E-state index in [1.807, 2.05) is 40.6 Å². The largest absolute Gasteiger partial charge is 0.488 e. The molecule has 0 spiro atoms. The average molecular weight is 344 g/mol. The normalized spacial score (nSPS) is 16.0. The first-order valence-corrected chi connectivity index (χ1v) is 9.41. The summed E-state index contributed by atoms with van der Waals surface area (Å²) in [5.74, 6) is 0.855. The summed E-state index contributed by atoms with van der Waals surface area (Å²) in [6.07, 6.45) is 1.04. The van der Waals surface area contributed by atoms with Crippen molar-refractivity contribution in [3.05, 3.63) is 52.2 Å². The highest BCUT2D eigenvalue weighted by molar-refractivity contribution is 7.09. The Kier molecular flexibility index (Phi) is 5.88. The molecule has 2 aromatic rings. The van der Waals surface area contributed by atoms with Crippen molar-refractivity contribution in [2.24, 2.45) is 0 Å². The van der Waals surface area contributed by atoms with Crippen molar-refractivity contribution in [1.82, 2.24) is 9.80 Å². The monoisotopic (exact) mass is 344 g/mol. The van der Waals surface area contributed by atoms with E-state index < -0.39 is 0 Å². The van der Waals surface area contributed by atoms with Crippen molar-refractivity contribution < 1.29 is 9.53 Å². The third-order valence-corrected chi connectivity index (χ3v) is 5.22. The van der Waals surface area contributed by atoms with E-state index in [1.165, 1.54) is 4.88 Å². The molecule has 128 valence electrons. The van der Waals surface area contributed by atoms with Crippen molar-refractivity contribution in [2.75, 3.05) is 32.7 Å². The van der Waals surface area contributed by atoms with Gasteiger partial charge in [0.15, 0.2) is 0 Å². The SMILES string of the molecule is CCN1CCCN(C(=O)c2cccc(OCc3cccs3)c2)CC1. The van der Waals surface area contributed by atoms with E-state index >= 15 is 0 Å². The van der Waals surface area contributed by atoms with E-state index in [1.54, 1.807) is 11.3 Å². The maximum atomic E-state index is 12.8. The highest BCUT2D eigenvalue weighted by atomic mass is 32.1. The third kappa shape index (κ3) is 4.36. The van der Waals surface area contributed by atoms with Gasteiger partial charge in [0.25, 0.3) is 5.91 Å². The summed E-state index contributed by atoms with van der Waals surface area (Å²) in [4.78, 5) is 18.3. The maximum Gasteiger partial charge on any atom is 0.254 e. The highest BCUT2D eigenvalue weighted by Crippen LogP contribution is 2.19. The van der Waals surface area contributed by atoms with Crippen LogP contribution in [0.4, 0.5) is 0 Å². The lowest BCUT2D eigenvalue weighted by Crippen LogP contribution is -2.35. The van der Waals surface area contributed by atoms with Crippen molar-refractivity contribution in [2.45, 2.75) is 20.0 Å². The van der Waals surface area contributed by atoms with Crippen LogP contribution < -0.4 is 4.74 Å². The molecule has 0 radical (unpaired) electrons. The van der Waals surface area contributed by atoms with Crippen LogP contribution in [-0.4, -0.2) is 48.4 Å².